The normalized spacial score (nSPS) is 14.4. The first-order valence-electron chi connectivity index (χ1n) is 8.46. The van der Waals surface area contributed by atoms with Crippen molar-refractivity contribution in [3.05, 3.63) is 59.9 Å². The van der Waals surface area contributed by atoms with Gasteiger partial charge in [-0.05, 0) is 30.3 Å². The van der Waals surface area contributed by atoms with Crippen LogP contribution in [-0.2, 0) is 4.74 Å². The summed E-state index contributed by atoms with van der Waals surface area (Å²) in [5.41, 5.74) is 0.575. The Morgan fingerprint density at radius 1 is 1.07 bits per heavy atom. The van der Waals surface area contributed by atoms with Gasteiger partial charge in [0.15, 0.2) is 0 Å². The number of amides is 1. The van der Waals surface area contributed by atoms with E-state index in [1.165, 1.54) is 24.5 Å². The van der Waals surface area contributed by atoms with Gasteiger partial charge in [-0.1, -0.05) is 6.07 Å². The van der Waals surface area contributed by atoms with Crippen molar-refractivity contribution in [2.24, 2.45) is 0 Å². The molecule has 0 unspecified atom stereocenters. The Morgan fingerprint density at radius 2 is 1.89 bits per heavy atom. The van der Waals surface area contributed by atoms with E-state index >= 15 is 0 Å². The van der Waals surface area contributed by atoms with Crippen molar-refractivity contribution < 1.29 is 18.3 Å². The summed E-state index contributed by atoms with van der Waals surface area (Å²) in [5, 5.41) is 3.44. The molecule has 0 atom stereocenters. The Bertz CT molecular complexity index is 1010. The molecule has 8 heteroatoms. The van der Waals surface area contributed by atoms with Gasteiger partial charge in [0.1, 0.15) is 29.3 Å². The number of carbonyl (C=O) groups excluding carboxylic acids is 1. The molecule has 3 aromatic rings. The highest BCUT2D eigenvalue weighted by Gasteiger charge is 2.21. The van der Waals surface area contributed by atoms with Crippen LogP contribution in [0.5, 0.6) is 0 Å². The van der Waals surface area contributed by atoms with Crippen molar-refractivity contribution in [2.75, 3.05) is 31.6 Å². The minimum atomic E-state index is -0.638. The first kappa shape index (κ1) is 17.3. The number of para-hydroxylation sites is 1. The second kappa shape index (κ2) is 7.24. The van der Waals surface area contributed by atoms with Crippen LogP contribution in [0.3, 0.4) is 0 Å². The number of carbonyl (C=O) groups is 1. The number of aromatic nitrogens is 2. The summed E-state index contributed by atoms with van der Waals surface area (Å²) in [5.74, 6) is -1.11. The van der Waals surface area contributed by atoms with Crippen LogP contribution in [0.2, 0.25) is 0 Å². The number of hydrogen-bond donors (Lipinski definition) is 1. The highest BCUT2D eigenvalue weighted by atomic mass is 19.1. The zero-order valence-electron chi connectivity index (χ0n) is 14.3. The summed E-state index contributed by atoms with van der Waals surface area (Å²) >= 11 is 0. The van der Waals surface area contributed by atoms with E-state index in [0.717, 1.165) is 0 Å². The maximum absolute atomic E-state index is 14.5. The molecular formula is C19H16F2N4O2. The van der Waals surface area contributed by atoms with Crippen LogP contribution in [0.25, 0.3) is 10.9 Å². The predicted molar refractivity (Wildman–Crippen MR) is 95.9 cm³/mol. The number of fused-ring (bicyclic) bond motifs is 1. The molecule has 0 radical (unpaired) electrons. The van der Waals surface area contributed by atoms with E-state index in [-0.39, 0.29) is 17.0 Å². The van der Waals surface area contributed by atoms with Crippen molar-refractivity contribution >= 4 is 28.3 Å². The van der Waals surface area contributed by atoms with Crippen LogP contribution in [0.1, 0.15) is 10.4 Å². The number of halogens is 2. The van der Waals surface area contributed by atoms with E-state index in [9.17, 15) is 13.6 Å². The van der Waals surface area contributed by atoms with Gasteiger partial charge in [-0.2, -0.15) is 0 Å². The molecule has 1 saturated heterocycles. The van der Waals surface area contributed by atoms with Crippen LogP contribution in [0.15, 0.2) is 42.7 Å². The van der Waals surface area contributed by atoms with E-state index in [0.29, 0.717) is 43.2 Å². The Balaban J connectivity index is 1.60. The van der Waals surface area contributed by atoms with Gasteiger partial charge < -0.3 is 15.0 Å². The largest absolute Gasteiger partial charge is 0.378 e. The second-order valence-electron chi connectivity index (χ2n) is 6.08. The minimum absolute atomic E-state index is 0.000963. The van der Waals surface area contributed by atoms with E-state index in [4.69, 9.17) is 4.74 Å². The third kappa shape index (κ3) is 3.43. The van der Waals surface area contributed by atoms with Crippen LogP contribution in [0.4, 0.5) is 20.3 Å². The standard InChI is InChI=1S/C19H16F2N4O2/c20-15-3-1-2-14-17(15)22-11-23-18(14)24-12-4-5-13(16(21)10-12)19(26)25-6-8-27-9-7-25/h1-5,10-11H,6-9H2,(H,22,23,24). The van der Waals surface area contributed by atoms with Gasteiger partial charge in [0.05, 0.1) is 18.8 Å². The monoisotopic (exact) mass is 370 g/mol. The maximum Gasteiger partial charge on any atom is 0.256 e. The van der Waals surface area contributed by atoms with Crippen LogP contribution in [0, 0.1) is 11.6 Å². The summed E-state index contributed by atoms with van der Waals surface area (Å²) in [4.78, 5) is 22.0. The third-order valence-corrected chi connectivity index (χ3v) is 4.38. The number of ether oxygens (including phenoxy) is 1. The van der Waals surface area contributed by atoms with Crippen molar-refractivity contribution in [2.45, 2.75) is 0 Å². The summed E-state index contributed by atoms with van der Waals surface area (Å²) in [6, 6.07) is 8.78. The Kier molecular flexibility index (Phi) is 4.64. The molecule has 1 aliphatic rings. The fraction of sp³-hybridized carbons (Fsp3) is 0.211. The lowest BCUT2D eigenvalue weighted by Crippen LogP contribution is -2.41. The molecule has 27 heavy (non-hydrogen) atoms. The summed E-state index contributed by atoms with van der Waals surface area (Å²) in [6.45, 7) is 1.78. The van der Waals surface area contributed by atoms with Gasteiger partial charge in [0.25, 0.3) is 5.91 Å². The zero-order chi connectivity index (χ0) is 18.8. The van der Waals surface area contributed by atoms with Crippen molar-refractivity contribution in [3.63, 3.8) is 0 Å². The maximum atomic E-state index is 14.5. The first-order chi connectivity index (χ1) is 13.1. The molecule has 0 spiro atoms. The molecule has 2 aromatic carbocycles. The third-order valence-electron chi connectivity index (χ3n) is 4.38. The highest BCUT2D eigenvalue weighted by molar-refractivity contribution is 5.95. The second-order valence-corrected chi connectivity index (χ2v) is 6.08. The zero-order valence-corrected chi connectivity index (χ0v) is 14.3. The molecule has 1 aliphatic heterocycles. The van der Waals surface area contributed by atoms with Gasteiger partial charge in [-0.25, -0.2) is 18.7 Å². The fourth-order valence-electron chi connectivity index (χ4n) is 2.99. The number of morpholine rings is 1. The number of hydrogen-bond acceptors (Lipinski definition) is 5. The van der Waals surface area contributed by atoms with E-state index < -0.39 is 11.6 Å². The summed E-state index contributed by atoms with van der Waals surface area (Å²) in [6.07, 6.45) is 1.24. The number of anilines is 2. The molecule has 1 aromatic heterocycles. The van der Waals surface area contributed by atoms with Gasteiger partial charge in [0, 0.05) is 24.2 Å². The Labute approximate surface area is 153 Å². The average Bonchev–Trinajstić information content (AvgIpc) is 2.69. The molecule has 138 valence electrons. The quantitative estimate of drug-likeness (QED) is 0.767. The summed E-state index contributed by atoms with van der Waals surface area (Å²) in [7, 11) is 0. The molecule has 0 aliphatic carbocycles. The molecule has 1 fully saturated rings. The number of nitrogens with one attached hydrogen (secondary N) is 1. The molecule has 6 nitrogen and oxygen atoms in total. The van der Waals surface area contributed by atoms with Gasteiger partial charge in [-0.15, -0.1) is 0 Å². The van der Waals surface area contributed by atoms with Gasteiger partial charge in [-0.3, -0.25) is 4.79 Å². The highest BCUT2D eigenvalue weighted by Crippen LogP contribution is 2.25. The number of benzene rings is 2. The Hall–Kier alpha value is -3.13. The van der Waals surface area contributed by atoms with Crippen LogP contribution >= 0.6 is 0 Å². The molecule has 0 saturated carbocycles. The van der Waals surface area contributed by atoms with Crippen LogP contribution in [-0.4, -0.2) is 47.1 Å². The van der Waals surface area contributed by atoms with Crippen LogP contribution < -0.4 is 5.32 Å². The predicted octanol–water partition coefficient (Wildman–Crippen LogP) is 3.12. The van der Waals surface area contributed by atoms with Gasteiger partial charge >= 0.3 is 0 Å². The van der Waals surface area contributed by atoms with Crippen molar-refractivity contribution in [1.29, 1.82) is 0 Å². The lowest BCUT2D eigenvalue weighted by molar-refractivity contribution is 0.0300. The minimum Gasteiger partial charge on any atom is -0.378 e. The molecule has 2 heterocycles. The first-order valence-corrected chi connectivity index (χ1v) is 8.46. The molecule has 1 N–H and O–H groups in total. The molecule has 0 bridgehead atoms. The topological polar surface area (TPSA) is 67.4 Å². The number of rotatable bonds is 3. The Morgan fingerprint density at radius 3 is 2.67 bits per heavy atom. The molecule has 1 amide bonds. The number of nitrogens with zero attached hydrogens (tertiary/aromatic N) is 3. The summed E-state index contributed by atoms with van der Waals surface area (Å²) < 4.78 is 33.6. The smallest absolute Gasteiger partial charge is 0.256 e. The van der Waals surface area contributed by atoms with E-state index in [1.807, 2.05) is 0 Å². The van der Waals surface area contributed by atoms with Crippen molar-refractivity contribution in [3.8, 4) is 0 Å². The molecule has 4 rings (SSSR count). The lowest BCUT2D eigenvalue weighted by atomic mass is 10.1. The lowest BCUT2D eigenvalue weighted by Gasteiger charge is -2.27. The molecular weight excluding hydrogens is 354 g/mol. The van der Waals surface area contributed by atoms with Gasteiger partial charge in [0.2, 0.25) is 0 Å². The fourth-order valence-corrected chi connectivity index (χ4v) is 2.99. The van der Waals surface area contributed by atoms with Crippen molar-refractivity contribution in [1.82, 2.24) is 14.9 Å². The average molecular weight is 370 g/mol. The van der Waals surface area contributed by atoms with E-state index in [2.05, 4.69) is 15.3 Å². The van der Waals surface area contributed by atoms with E-state index in [1.54, 1.807) is 23.1 Å². The SMILES string of the molecule is O=C(c1ccc(Nc2ncnc3c(F)cccc23)cc1F)N1CCOCC1.